The molecule has 0 saturated heterocycles. The standard InChI is InChI=1S/C60H40N2/c1-5-23-43(24-6-1)61(44-25-7-2-8-26-44)57-39-55(49-33-17-21-41-19-13-15-31-47(41)49)51-36-38-54-58(62(45-27-9-3-10-28-45)46-29-11-4-12-30-46)40-56(52-35-37-53(57)59(51)60(52)54)50-34-18-22-42-20-14-16-32-48(42)50/h1-40H. The number of nitrogens with zero attached hydrogens (tertiary/aromatic N) is 2. The van der Waals surface area contributed by atoms with Gasteiger partial charge in [-0.3, -0.25) is 0 Å². The summed E-state index contributed by atoms with van der Waals surface area (Å²) in [6.45, 7) is 0. The SMILES string of the molecule is c1ccc(N(c2ccccc2)c2cc(-c3cccc4ccccc34)c3ccc4c(N(c5ccccc5)c5ccccc5)cc(-c5cccc6ccccc56)c5ccc2c3c54)cc1. The van der Waals surface area contributed by atoms with Gasteiger partial charge in [-0.2, -0.15) is 0 Å². The highest BCUT2D eigenvalue weighted by Crippen LogP contribution is 2.53. The number of fused-ring (bicyclic) bond motifs is 2. The molecule has 0 bridgehead atoms. The quantitative estimate of drug-likeness (QED) is 0.142. The maximum absolute atomic E-state index is 2.44. The Morgan fingerprint density at radius 3 is 0.887 bits per heavy atom. The molecule has 12 aromatic carbocycles. The average Bonchev–Trinajstić information content (AvgIpc) is 3.35. The molecule has 0 aliphatic carbocycles. The molecule has 0 aliphatic heterocycles. The third kappa shape index (κ3) is 5.80. The molecular formula is C60H40N2. The van der Waals surface area contributed by atoms with E-state index in [4.69, 9.17) is 0 Å². The Bertz CT molecular complexity index is 3230. The molecule has 0 spiro atoms. The molecule has 12 rings (SSSR count). The number of anilines is 6. The first-order chi connectivity index (χ1) is 30.8. The molecule has 0 aromatic heterocycles. The molecule has 2 heteroatoms. The molecule has 0 aliphatic rings. The van der Waals surface area contributed by atoms with E-state index in [0.717, 1.165) is 34.1 Å². The summed E-state index contributed by atoms with van der Waals surface area (Å²) in [6, 6.07) is 88.7. The molecule has 12 aromatic rings. The first-order valence-electron chi connectivity index (χ1n) is 21.4. The Morgan fingerprint density at radius 2 is 0.516 bits per heavy atom. The molecule has 0 N–H and O–H groups in total. The van der Waals surface area contributed by atoms with Crippen molar-refractivity contribution in [1.82, 2.24) is 0 Å². The zero-order valence-corrected chi connectivity index (χ0v) is 34.0. The van der Waals surface area contributed by atoms with Crippen molar-refractivity contribution in [3.05, 3.63) is 243 Å². The lowest BCUT2D eigenvalue weighted by atomic mass is 9.84. The fourth-order valence-electron chi connectivity index (χ4n) is 9.85. The van der Waals surface area contributed by atoms with Gasteiger partial charge >= 0.3 is 0 Å². The second kappa shape index (κ2) is 14.8. The van der Waals surface area contributed by atoms with Crippen LogP contribution >= 0.6 is 0 Å². The molecule has 0 radical (unpaired) electrons. The molecule has 0 unspecified atom stereocenters. The lowest BCUT2D eigenvalue weighted by Crippen LogP contribution is -2.12. The van der Waals surface area contributed by atoms with Gasteiger partial charge < -0.3 is 9.80 Å². The van der Waals surface area contributed by atoms with Crippen molar-refractivity contribution in [1.29, 1.82) is 0 Å². The van der Waals surface area contributed by atoms with E-state index in [-0.39, 0.29) is 0 Å². The van der Waals surface area contributed by atoms with E-state index in [2.05, 4.69) is 252 Å². The highest BCUT2D eigenvalue weighted by molar-refractivity contribution is 6.33. The van der Waals surface area contributed by atoms with Crippen molar-refractivity contribution < 1.29 is 0 Å². The average molecular weight is 789 g/mol. The van der Waals surface area contributed by atoms with Crippen LogP contribution in [0.4, 0.5) is 34.1 Å². The van der Waals surface area contributed by atoms with E-state index in [1.165, 1.54) is 76.1 Å². The number of hydrogen-bond acceptors (Lipinski definition) is 2. The fourth-order valence-corrected chi connectivity index (χ4v) is 9.85. The number of benzene rings is 12. The van der Waals surface area contributed by atoms with Crippen molar-refractivity contribution >= 4 is 88.0 Å². The first-order valence-corrected chi connectivity index (χ1v) is 21.4. The summed E-state index contributed by atoms with van der Waals surface area (Å²) in [5, 5.41) is 12.3. The van der Waals surface area contributed by atoms with Gasteiger partial charge in [0.05, 0.1) is 11.4 Å². The van der Waals surface area contributed by atoms with Crippen LogP contribution in [0.5, 0.6) is 0 Å². The van der Waals surface area contributed by atoms with Crippen LogP contribution in [0.1, 0.15) is 0 Å². The number of rotatable bonds is 8. The number of para-hydroxylation sites is 4. The fraction of sp³-hybridized carbons (Fsp3) is 0. The summed E-state index contributed by atoms with van der Waals surface area (Å²) in [7, 11) is 0. The minimum atomic E-state index is 1.11. The second-order valence-electron chi connectivity index (χ2n) is 16.0. The van der Waals surface area contributed by atoms with Crippen LogP contribution in [0.2, 0.25) is 0 Å². The largest absolute Gasteiger partial charge is 0.310 e. The normalized spacial score (nSPS) is 11.5. The number of hydrogen-bond donors (Lipinski definition) is 0. The van der Waals surface area contributed by atoms with E-state index in [9.17, 15) is 0 Å². The maximum Gasteiger partial charge on any atom is 0.0546 e. The summed E-state index contributed by atoms with van der Waals surface area (Å²) in [4.78, 5) is 4.88. The molecular weight excluding hydrogens is 749 g/mol. The van der Waals surface area contributed by atoms with E-state index >= 15 is 0 Å². The lowest BCUT2D eigenvalue weighted by molar-refractivity contribution is 1.30. The summed E-state index contributed by atoms with van der Waals surface area (Å²) in [5.41, 5.74) is 11.5. The lowest BCUT2D eigenvalue weighted by Gasteiger charge is -2.31. The third-order valence-corrected chi connectivity index (χ3v) is 12.6. The van der Waals surface area contributed by atoms with Crippen LogP contribution in [0, 0.1) is 0 Å². The van der Waals surface area contributed by atoms with Crippen molar-refractivity contribution in [2.45, 2.75) is 0 Å². The van der Waals surface area contributed by atoms with Crippen molar-refractivity contribution in [3.8, 4) is 22.3 Å². The van der Waals surface area contributed by atoms with Crippen LogP contribution in [0.15, 0.2) is 243 Å². The van der Waals surface area contributed by atoms with Crippen LogP contribution in [0.25, 0.3) is 76.1 Å². The van der Waals surface area contributed by atoms with Crippen molar-refractivity contribution in [3.63, 3.8) is 0 Å². The smallest absolute Gasteiger partial charge is 0.0546 e. The van der Waals surface area contributed by atoms with E-state index in [0.29, 0.717) is 0 Å². The first kappa shape index (κ1) is 35.7. The monoisotopic (exact) mass is 788 g/mol. The molecule has 2 nitrogen and oxygen atoms in total. The Hall–Kier alpha value is -8.20. The Balaban J connectivity index is 1.29. The topological polar surface area (TPSA) is 6.48 Å². The summed E-state index contributed by atoms with van der Waals surface area (Å²) >= 11 is 0. The minimum absolute atomic E-state index is 1.11. The molecule has 290 valence electrons. The molecule has 0 atom stereocenters. The van der Waals surface area contributed by atoms with E-state index in [1.807, 2.05) is 0 Å². The van der Waals surface area contributed by atoms with Gasteiger partial charge in [0.15, 0.2) is 0 Å². The van der Waals surface area contributed by atoms with Crippen LogP contribution < -0.4 is 9.80 Å². The van der Waals surface area contributed by atoms with E-state index in [1.54, 1.807) is 0 Å². The maximum atomic E-state index is 2.44. The van der Waals surface area contributed by atoms with Crippen LogP contribution in [0.3, 0.4) is 0 Å². The van der Waals surface area contributed by atoms with Gasteiger partial charge in [0.25, 0.3) is 0 Å². The van der Waals surface area contributed by atoms with Gasteiger partial charge in [-0.1, -0.05) is 182 Å². The Morgan fingerprint density at radius 1 is 0.210 bits per heavy atom. The molecule has 0 saturated carbocycles. The van der Waals surface area contributed by atoms with Crippen molar-refractivity contribution in [2.75, 3.05) is 9.80 Å². The van der Waals surface area contributed by atoms with Crippen LogP contribution in [-0.2, 0) is 0 Å². The summed E-state index contributed by atoms with van der Waals surface area (Å²) < 4.78 is 0. The molecule has 0 fully saturated rings. The summed E-state index contributed by atoms with van der Waals surface area (Å²) in [5.74, 6) is 0. The predicted molar refractivity (Wildman–Crippen MR) is 265 cm³/mol. The molecule has 0 amide bonds. The molecule has 62 heavy (non-hydrogen) atoms. The van der Waals surface area contributed by atoms with Gasteiger partial charge in [0.2, 0.25) is 0 Å². The highest BCUT2D eigenvalue weighted by atomic mass is 15.1. The zero-order valence-electron chi connectivity index (χ0n) is 34.0. The zero-order chi connectivity index (χ0) is 41.0. The van der Waals surface area contributed by atoms with Gasteiger partial charge in [0, 0.05) is 44.3 Å². The van der Waals surface area contributed by atoms with Gasteiger partial charge in [-0.25, -0.2) is 0 Å². The molecule has 0 heterocycles. The van der Waals surface area contributed by atoms with E-state index < -0.39 is 0 Å². The van der Waals surface area contributed by atoms with Crippen molar-refractivity contribution in [2.24, 2.45) is 0 Å². The van der Waals surface area contributed by atoms with Gasteiger partial charge in [-0.15, -0.1) is 0 Å². The predicted octanol–water partition coefficient (Wildman–Crippen LogP) is 17.2. The van der Waals surface area contributed by atoms with Gasteiger partial charge in [0.1, 0.15) is 0 Å². The second-order valence-corrected chi connectivity index (χ2v) is 16.0. The third-order valence-electron chi connectivity index (χ3n) is 12.6. The minimum Gasteiger partial charge on any atom is -0.310 e. The summed E-state index contributed by atoms with van der Waals surface area (Å²) in [6.07, 6.45) is 0. The highest BCUT2D eigenvalue weighted by Gasteiger charge is 2.26. The Kier molecular flexibility index (Phi) is 8.53. The van der Waals surface area contributed by atoms with Crippen LogP contribution in [-0.4, -0.2) is 0 Å². The Labute approximate surface area is 361 Å². The van der Waals surface area contributed by atoms with Gasteiger partial charge in [-0.05, 0) is 115 Å².